The number of carbonyl (C=O) groups is 2. The number of nitrogens with zero attached hydrogens (tertiary/aromatic N) is 5. The quantitative estimate of drug-likeness (QED) is 0.183. The molecule has 13 heteroatoms. The van der Waals surface area contributed by atoms with Crippen molar-refractivity contribution in [3.63, 3.8) is 0 Å². The van der Waals surface area contributed by atoms with Crippen molar-refractivity contribution in [2.24, 2.45) is 11.8 Å². The van der Waals surface area contributed by atoms with Crippen molar-refractivity contribution in [2.45, 2.75) is 32.2 Å². The molecule has 50 heavy (non-hydrogen) atoms. The van der Waals surface area contributed by atoms with E-state index in [9.17, 15) is 14.9 Å². The van der Waals surface area contributed by atoms with E-state index in [0.29, 0.717) is 72.8 Å². The number of methoxy groups -OCH3 is 4. The van der Waals surface area contributed by atoms with Crippen molar-refractivity contribution in [3.05, 3.63) is 65.9 Å². The Labute approximate surface area is 290 Å². The second-order valence-electron chi connectivity index (χ2n) is 12.3. The van der Waals surface area contributed by atoms with Crippen LogP contribution in [0.15, 0.2) is 54.7 Å². The van der Waals surface area contributed by atoms with Gasteiger partial charge >= 0.3 is 6.09 Å². The molecule has 2 amide bonds. The van der Waals surface area contributed by atoms with E-state index in [1.54, 1.807) is 45.6 Å². The number of benzene rings is 2. The number of hydrogen-bond donors (Lipinski definition) is 1. The maximum Gasteiger partial charge on any atom is 0.415 e. The lowest BCUT2D eigenvalue weighted by atomic mass is 10.1. The number of amides is 2. The highest BCUT2D eigenvalue weighted by atomic mass is 16.6. The lowest BCUT2D eigenvalue weighted by Crippen LogP contribution is -2.33. The Morgan fingerprint density at radius 2 is 1.62 bits per heavy atom. The first-order valence-electron chi connectivity index (χ1n) is 16.4. The molecule has 0 radical (unpaired) electrons. The molecule has 2 unspecified atom stereocenters. The van der Waals surface area contributed by atoms with Gasteiger partial charge in [-0.05, 0) is 67.0 Å². The Kier molecular flexibility index (Phi) is 10.1. The summed E-state index contributed by atoms with van der Waals surface area (Å²) in [4.78, 5) is 39.1. The van der Waals surface area contributed by atoms with Crippen LogP contribution < -0.4 is 34.1 Å². The predicted octanol–water partition coefficient (Wildman–Crippen LogP) is 5.40. The van der Waals surface area contributed by atoms with Crippen molar-refractivity contribution in [1.82, 2.24) is 9.97 Å². The van der Waals surface area contributed by atoms with Crippen LogP contribution in [-0.2, 0) is 22.4 Å². The molecule has 260 valence electrons. The van der Waals surface area contributed by atoms with Crippen molar-refractivity contribution >= 4 is 40.2 Å². The van der Waals surface area contributed by atoms with E-state index in [1.165, 1.54) is 0 Å². The molecule has 1 aliphatic heterocycles. The number of anilines is 3. The smallest absolute Gasteiger partial charge is 0.415 e. The van der Waals surface area contributed by atoms with Gasteiger partial charge in [0.15, 0.2) is 0 Å². The molecule has 2 fully saturated rings. The molecule has 1 saturated carbocycles. The molecule has 6 rings (SSSR count). The summed E-state index contributed by atoms with van der Waals surface area (Å²) in [7, 11) is 6.49. The van der Waals surface area contributed by atoms with Gasteiger partial charge < -0.3 is 33.9 Å². The third-order valence-electron chi connectivity index (χ3n) is 9.15. The number of carbonyl (C=O) groups excluding carboxylic acids is 2. The first-order valence-corrected chi connectivity index (χ1v) is 16.4. The van der Waals surface area contributed by atoms with Crippen LogP contribution in [0.2, 0.25) is 0 Å². The third-order valence-corrected chi connectivity index (χ3v) is 9.15. The Hall–Kier alpha value is -5.77. The zero-order chi connectivity index (χ0) is 35.4. The second kappa shape index (κ2) is 14.8. The monoisotopic (exact) mass is 680 g/mol. The normalized spacial score (nSPS) is 17.9. The molecule has 2 aliphatic rings. The summed E-state index contributed by atoms with van der Waals surface area (Å²) >= 11 is 0. The largest absolute Gasteiger partial charge is 0.497 e. The van der Waals surface area contributed by atoms with Crippen molar-refractivity contribution in [1.29, 1.82) is 5.26 Å². The number of hydrogen-bond acceptors (Lipinski definition) is 11. The van der Waals surface area contributed by atoms with Crippen molar-refractivity contribution in [2.75, 3.05) is 63.3 Å². The number of cyclic esters (lactones) is 1. The van der Waals surface area contributed by atoms with Crippen LogP contribution in [0.3, 0.4) is 0 Å². The third kappa shape index (κ3) is 7.15. The molecule has 4 aromatic rings. The van der Waals surface area contributed by atoms with E-state index in [2.05, 4.69) is 21.3 Å². The van der Waals surface area contributed by atoms with E-state index in [4.69, 9.17) is 28.7 Å². The maximum absolute atomic E-state index is 12.9. The van der Waals surface area contributed by atoms with Crippen LogP contribution >= 0.6 is 0 Å². The van der Waals surface area contributed by atoms with Gasteiger partial charge in [0.05, 0.1) is 52.4 Å². The van der Waals surface area contributed by atoms with E-state index >= 15 is 0 Å². The van der Waals surface area contributed by atoms with Crippen LogP contribution in [0.5, 0.6) is 23.0 Å². The minimum absolute atomic E-state index is 0.236. The van der Waals surface area contributed by atoms with Gasteiger partial charge in [-0.1, -0.05) is 12.1 Å². The van der Waals surface area contributed by atoms with Gasteiger partial charge in [-0.15, -0.1) is 0 Å². The van der Waals surface area contributed by atoms with Gasteiger partial charge in [-0.2, -0.15) is 5.26 Å². The summed E-state index contributed by atoms with van der Waals surface area (Å²) in [6, 6.07) is 17.0. The van der Waals surface area contributed by atoms with Crippen LogP contribution in [-0.4, -0.2) is 76.1 Å². The maximum atomic E-state index is 12.9. The van der Waals surface area contributed by atoms with E-state index in [0.717, 1.165) is 21.9 Å². The van der Waals surface area contributed by atoms with Crippen molar-refractivity contribution in [3.8, 4) is 29.1 Å². The number of nitrogens with one attached hydrogen (secondary N) is 1. The number of fused-ring (bicyclic) bond motifs is 1. The molecule has 2 aromatic carbocycles. The van der Waals surface area contributed by atoms with Gasteiger partial charge in [0.2, 0.25) is 5.91 Å². The standard InChI is InChI=1S/C37H40N6O7/c1-22-21-50-37(45)43(22)34-16-25-15-33(40-36(44)29-14-26(29)19-38)39-20-30(25)35(41-34)42(12-10-23-6-8-27(46-2)17-31(23)48-4)13-11-24-7-9-28(47-3)18-32(24)49-5/h6-9,15-18,20,22,26,29H,10-14,21H2,1-5H3,(H,39,40,44)/t22-,26?,29?/m0/s1. The van der Waals surface area contributed by atoms with E-state index in [-0.39, 0.29) is 30.4 Å². The highest BCUT2D eigenvalue weighted by Gasteiger charge is 2.43. The van der Waals surface area contributed by atoms with Crippen LogP contribution in [0.4, 0.5) is 22.2 Å². The summed E-state index contributed by atoms with van der Waals surface area (Å²) in [5.41, 5.74) is 1.97. The average Bonchev–Trinajstić information content (AvgIpc) is 3.86. The molecular formula is C37H40N6O7. The number of ether oxygens (including phenoxy) is 5. The first-order chi connectivity index (χ1) is 24.3. The topological polar surface area (TPSA) is 148 Å². The second-order valence-corrected chi connectivity index (χ2v) is 12.3. The van der Waals surface area contributed by atoms with Crippen LogP contribution in [0.1, 0.15) is 24.5 Å². The van der Waals surface area contributed by atoms with Gasteiger partial charge in [-0.25, -0.2) is 14.8 Å². The highest BCUT2D eigenvalue weighted by Crippen LogP contribution is 2.39. The molecule has 0 bridgehead atoms. The fourth-order valence-electron chi connectivity index (χ4n) is 6.18. The minimum atomic E-state index is -0.480. The fraction of sp³-hybridized carbons (Fsp3) is 0.378. The lowest BCUT2D eigenvalue weighted by Gasteiger charge is -2.28. The van der Waals surface area contributed by atoms with Gasteiger partial charge in [-0.3, -0.25) is 9.69 Å². The zero-order valence-corrected chi connectivity index (χ0v) is 28.8. The first kappa shape index (κ1) is 34.1. The summed E-state index contributed by atoms with van der Waals surface area (Å²) in [5.74, 6) is 3.33. The average molecular weight is 681 g/mol. The summed E-state index contributed by atoms with van der Waals surface area (Å²) in [5, 5.41) is 13.5. The molecular weight excluding hydrogens is 640 g/mol. The Balaban J connectivity index is 1.41. The highest BCUT2D eigenvalue weighted by molar-refractivity contribution is 6.00. The number of nitriles is 1. The predicted molar refractivity (Wildman–Crippen MR) is 187 cm³/mol. The Morgan fingerprint density at radius 1 is 0.980 bits per heavy atom. The molecule has 2 aromatic heterocycles. The van der Waals surface area contributed by atoms with Gasteiger partial charge in [0.1, 0.15) is 47.1 Å². The lowest BCUT2D eigenvalue weighted by molar-refractivity contribution is -0.117. The van der Waals surface area contributed by atoms with Gasteiger partial charge in [0.25, 0.3) is 0 Å². The molecule has 1 N–H and O–H groups in total. The van der Waals surface area contributed by atoms with E-state index < -0.39 is 6.09 Å². The number of pyridine rings is 2. The van der Waals surface area contributed by atoms with Crippen molar-refractivity contribution < 1.29 is 33.3 Å². The Bertz CT molecular complexity index is 1890. The van der Waals surface area contributed by atoms with Crippen LogP contribution in [0, 0.1) is 23.2 Å². The molecule has 3 heterocycles. The number of aromatic nitrogens is 2. The fourth-order valence-corrected chi connectivity index (χ4v) is 6.18. The molecule has 1 saturated heterocycles. The Morgan fingerprint density at radius 3 is 2.14 bits per heavy atom. The summed E-state index contributed by atoms with van der Waals surface area (Å²) < 4.78 is 27.6. The summed E-state index contributed by atoms with van der Waals surface area (Å²) in [6.45, 7) is 3.20. The number of rotatable bonds is 14. The molecule has 0 spiro atoms. The SMILES string of the molecule is COc1ccc(CCN(CCc2ccc(OC)cc2OC)c2nc(N3C(=O)OC[C@@H]3C)cc3cc(NC(=O)C4CC4C#N)ncc23)c(OC)c1. The van der Waals surface area contributed by atoms with E-state index in [1.807, 2.05) is 49.4 Å². The van der Waals surface area contributed by atoms with Crippen LogP contribution in [0.25, 0.3) is 10.8 Å². The van der Waals surface area contributed by atoms with Gasteiger partial charge in [0, 0.05) is 36.8 Å². The zero-order valence-electron chi connectivity index (χ0n) is 28.8. The minimum Gasteiger partial charge on any atom is -0.497 e. The molecule has 3 atom stereocenters. The molecule has 1 aliphatic carbocycles. The summed E-state index contributed by atoms with van der Waals surface area (Å²) in [6.07, 6.45) is 2.95. The molecule has 13 nitrogen and oxygen atoms in total.